The molecular formula is C25H25N3OS. The van der Waals surface area contributed by atoms with Crippen LogP contribution in [0.3, 0.4) is 0 Å². The largest absolute Gasteiger partial charge is 0.287 e. The molecule has 0 fully saturated rings. The lowest BCUT2D eigenvalue weighted by Gasteiger charge is -2.47. The lowest BCUT2D eigenvalue weighted by Crippen LogP contribution is -2.62. The monoisotopic (exact) mass is 415 g/mol. The first-order valence-corrected chi connectivity index (χ1v) is 11.1. The van der Waals surface area contributed by atoms with Crippen LogP contribution in [-0.4, -0.2) is 42.5 Å². The van der Waals surface area contributed by atoms with Gasteiger partial charge < -0.3 is 0 Å². The van der Waals surface area contributed by atoms with Gasteiger partial charge in [0.1, 0.15) is 11.6 Å². The molecule has 1 heterocycles. The van der Waals surface area contributed by atoms with Crippen LogP contribution in [0.1, 0.15) is 11.1 Å². The van der Waals surface area contributed by atoms with E-state index in [1.54, 1.807) is 4.90 Å². The van der Waals surface area contributed by atoms with E-state index in [1.165, 1.54) is 11.8 Å². The summed E-state index contributed by atoms with van der Waals surface area (Å²) < 4.78 is 0. The molecule has 0 spiro atoms. The Labute approximate surface area is 182 Å². The molecule has 1 aliphatic rings. The van der Waals surface area contributed by atoms with Crippen molar-refractivity contribution in [3.05, 3.63) is 102 Å². The van der Waals surface area contributed by atoms with Crippen molar-refractivity contribution in [1.82, 2.24) is 4.90 Å². The predicted molar refractivity (Wildman–Crippen MR) is 126 cm³/mol. The minimum atomic E-state index is -0.971. The second-order valence-corrected chi connectivity index (χ2v) is 8.24. The second kappa shape index (κ2) is 8.46. The van der Waals surface area contributed by atoms with Crippen LogP contribution in [0.15, 0.2) is 96.0 Å². The maximum Gasteiger partial charge on any atom is 0.251 e. The number of amidine groups is 1. The van der Waals surface area contributed by atoms with Gasteiger partial charge in [0.05, 0.1) is 5.69 Å². The van der Waals surface area contributed by atoms with Crippen molar-refractivity contribution < 1.29 is 4.79 Å². The molecule has 0 aliphatic carbocycles. The summed E-state index contributed by atoms with van der Waals surface area (Å²) in [6, 6.07) is 29.8. The summed E-state index contributed by atoms with van der Waals surface area (Å²) in [7, 11) is 3.97. The number of thioether (sulfide) groups is 1. The fourth-order valence-corrected chi connectivity index (χ4v) is 4.77. The van der Waals surface area contributed by atoms with Gasteiger partial charge in [-0.05, 0) is 43.6 Å². The molecule has 3 aromatic carbocycles. The number of amides is 1. The number of carbonyl (C=O) groups is 1. The van der Waals surface area contributed by atoms with Crippen molar-refractivity contribution >= 4 is 28.5 Å². The van der Waals surface area contributed by atoms with E-state index in [4.69, 9.17) is 4.99 Å². The van der Waals surface area contributed by atoms with Crippen molar-refractivity contribution in [3.63, 3.8) is 0 Å². The molecule has 0 saturated carbocycles. The number of nitrogens with zero attached hydrogens (tertiary/aromatic N) is 3. The molecule has 152 valence electrons. The third-order valence-electron chi connectivity index (χ3n) is 5.50. The molecule has 1 amide bonds. The zero-order chi connectivity index (χ0) is 21.1. The van der Waals surface area contributed by atoms with Crippen LogP contribution < -0.4 is 4.90 Å². The van der Waals surface area contributed by atoms with Crippen LogP contribution in [0.4, 0.5) is 5.69 Å². The van der Waals surface area contributed by atoms with Crippen molar-refractivity contribution in [2.24, 2.45) is 4.99 Å². The first-order valence-electron chi connectivity index (χ1n) is 9.89. The highest BCUT2D eigenvalue weighted by Gasteiger charge is 2.55. The molecule has 4 nitrogen and oxygen atoms in total. The molecule has 0 aromatic heterocycles. The smallest absolute Gasteiger partial charge is 0.251 e. The van der Waals surface area contributed by atoms with Crippen LogP contribution >= 0.6 is 11.8 Å². The SMILES string of the molecule is CSC1=NC(N(C)C)C(c2ccccc2)(c2ccccc2)C(=O)N1c1ccccc1. The average Bonchev–Trinajstić information content (AvgIpc) is 2.80. The molecule has 3 aromatic rings. The first-order chi connectivity index (χ1) is 14.6. The number of anilines is 1. The summed E-state index contributed by atoms with van der Waals surface area (Å²) >= 11 is 1.49. The fourth-order valence-electron chi connectivity index (χ4n) is 4.20. The Morgan fingerprint density at radius 2 is 1.30 bits per heavy atom. The van der Waals surface area contributed by atoms with E-state index in [2.05, 4.69) is 0 Å². The van der Waals surface area contributed by atoms with E-state index in [-0.39, 0.29) is 12.1 Å². The molecule has 0 N–H and O–H groups in total. The van der Waals surface area contributed by atoms with Gasteiger partial charge in [0.2, 0.25) is 0 Å². The van der Waals surface area contributed by atoms with Crippen molar-refractivity contribution in [2.75, 3.05) is 25.3 Å². The summed E-state index contributed by atoms with van der Waals surface area (Å²) in [6.07, 6.45) is 1.59. The molecular weight excluding hydrogens is 390 g/mol. The maximum atomic E-state index is 14.5. The highest BCUT2D eigenvalue weighted by atomic mass is 32.2. The Morgan fingerprint density at radius 3 is 1.73 bits per heavy atom. The molecule has 1 aliphatic heterocycles. The Morgan fingerprint density at radius 1 is 0.833 bits per heavy atom. The molecule has 30 heavy (non-hydrogen) atoms. The molecule has 1 unspecified atom stereocenters. The van der Waals surface area contributed by atoms with E-state index in [0.29, 0.717) is 5.17 Å². The van der Waals surface area contributed by atoms with Crippen molar-refractivity contribution in [1.29, 1.82) is 0 Å². The minimum absolute atomic E-state index is 0.00384. The van der Waals surface area contributed by atoms with E-state index in [1.807, 2.05) is 116 Å². The van der Waals surface area contributed by atoms with Crippen molar-refractivity contribution in [3.8, 4) is 0 Å². The van der Waals surface area contributed by atoms with Crippen LogP contribution in [-0.2, 0) is 10.2 Å². The number of likely N-dealkylation sites (N-methyl/N-ethyl adjacent to an activating group) is 1. The van der Waals surface area contributed by atoms with Crippen LogP contribution in [0.25, 0.3) is 0 Å². The number of hydrogen-bond acceptors (Lipinski definition) is 4. The van der Waals surface area contributed by atoms with Gasteiger partial charge in [-0.2, -0.15) is 0 Å². The Bertz CT molecular complexity index is 996. The zero-order valence-corrected chi connectivity index (χ0v) is 18.2. The van der Waals surface area contributed by atoms with E-state index < -0.39 is 5.41 Å². The van der Waals surface area contributed by atoms with Crippen LogP contribution in [0.2, 0.25) is 0 Å². The quantitative estimate of drug-likeness (QED) is 0.623. The van der Waals surface area contributed by atoms with Gasteiger partial charge >= 0.3 is 0 Å². The maximum absolute atomic E-state index is 14.5. The van der Waals surface area contributed by atoms with Crippen molar-refractivity contribution in [2.45, 2.75) is 11.6 Å². The number of carbonyl (C=O) groups excluding carboxylic acids is 1. The minimum Gasteiger partial charge on any atom is -0.287 e. The standard InChI is InChI=1S/C25H25N3OS/c1-27(2)22-25(19-13-7-4-8-14-19,20-15-9-5-10-16-20)23(29)28(24(26-22)30-3)21-17-11-6-12-18-21/h4-18,22H,1-3H3. The van der Waals surface area contributed by atoms with Gasteiger partial charge in [-0.3, -0.25) is 14.6 Å². The topological polar surface area (TPSA) is 35.9 Å². The van der Waals surface area contributed by atoms with Gasteiger partial charge in [0, 0.05) is 0 Å². The Kier molecular flexibility index (Phi) is 5.75. The summed E-state index contributed by atoms with van der Waals surface area (Å²) in [6.45, 7) is 0. The van der Waals surface area contributed by atoms with Crippen LogP contribution in [0.5, 0.6) is 0 Å². The highest BCUT2D eigenvalue weighted by molar-refractivity contribution is 8.13. The van der Waals surface area contributed by atoms with Gasteiger partial charge in [0.15, 0.2) is 5.17 Å². The Hall–Kier alpha value is -2.89. The summed E-state index contributed by atoms with van der Waals surface area (Å²) in [5, 5.41) is 0.701. The summed E-state index contributed by atoms with van der Waals surface area (Å²) in [5.74, 6) is 0.00384. The Balaban J connectivity index is 2.06. The van der Waals surface area contributed by atoms with Gasteiger partial charge in [0.25, 0.3) is 5.91 Å². The zero-order valence-electron chi connectivity index (χ0n) is 17.4. The molecule has 5 heteroatoms. The van der Waals surface area contributed by atoms with E-state index in [9.17, 15) is 4.79 Å². The normalized spacial score (nSPS) is 18.4. The highest BCUT2D eigenvalue weighted by Crippen LogP contribution is 2.44. The second-order valence-electron chi connectivity index (χ2n) is 7.47. The number of benzene rings is 3. The number of rotatable bonds is 4. The van der Waals surface area contributed by atoms with Gasteiger partial charge in [-0.15, -0.1) is 0 Å². The summed E-state index contributed by atoms with van der Waals surface area (Å²) in [5.41, 5.74) is 1.72. The lowest BCUT2D eigenvalue weighted by atomic mass is 9.69. The fraction of sp³-hybridized carbons (Fsp3) is 0.200. The third kappa shape index (κ3) is 3.24. The lowest BCUT2D eigenvalue weighted by molar-refractivity contribution is -0.124. The molecule has 0 bridgehead atoms. The molecule has 0 radical (unpaired) electrons. The average molecular weight is 416 g/mol. The molecule has 1 atom stereocenters. The number of para-hydroxylation sites is 1. The van der Waals surface area contributed by atoms with E-state index in [0.717, 1.165) is 16.8 Å². The third-order valence-corrected chi connectivity index (χ3v) is 6.15. The first kappa shape index (κ1) is 20.4. The number of hydrogen-bond donors (Lipinski definition) is 0. The predicted octanol–water partition coefficient (Wildman–Crippen LogP) is 4.63. The van der Waals surface area contributed by atoms with Gasteiger partial charge in [-0.25, -0.2) is 4.99 Å². The number of aliphatic imine (C=N–C) groups is 1. The van der Waals surface area contributed by atoms with Crippen LogP contribution in [0, 0.1) is 0 Å². The summed E-state index contributed by atoms with van der Waals surface area (Å²) in [4.78, 5) is 23.5. The van der Waals surface area contributed by atoms with Gasteiger partial charge in [-0.1, -0.05) is 90.6 Å². The van der Waals surface area contributed by atoms with E-state index >= 15 is 0 Å². The molecule has 4 rings (SSSR count). The molecule has 0 saturated heterocycles.